The minimum absolute atomic E-state index is 0.200. The Hall–Kier alpha value is -0.520. The summed E-state index contributed by atoms with van der Waals surface area (Å²) in [6, 6.07) is 17.4. The summed E-state index contributed by atoms with van der Waals surface area (Å²) in [5.74, 6) is 0.954. The summed E-state index contributed by atoms with van der Waals surface area (Å²) in [5, 5.41) is 0. The van der Waals surface area contributed by atoms with Gasteiger partial charge < -0.3 is 5.73 Å². The molecule has 2 aromatic carbocycles. The predicted octanol–water partition coefficient (Wildman–Crippen LogP) is 4.26. The van der Waals surface area contributed by atoms with Gasteiger partial charge in [0.25, 0.3) is 0 Å². The van der Waals surface area contributed by atoms with Crippen LogP contribution in [-0.4, -0.2) is 11.8 Å². The number of thioether (sulfide) groups is 1. The zero-order valence-electron chi connectivity index (χ0n) is 11.0. The van der Waals surface area contributed by atoms with Crippen LogP contribution in [0.5, 0.6) is 0 Å². The Morgan fingerprint density at radius 1 is 1.16 bits per heavy atom. The van der Waals surface area contributed by atoms with Crippen molar-refractivity contribution in [2.75, 3.05) is 5.75 Å². The van der Waals surface area contributed by atoms with Crippen LogP contribution in [0.25, 0.3) is 0 Å². The summed E-state index contributed by atoms with van der Waals surface area (Å²) in [6.45, 7) is 2.12. The van der Waals surface area contributed by atoms with Gasteiger partial charge in [0.2, 0.25) is 0 Å². The van der Waals surface area contributed by atoms with E-state index >= 15 is 0 Å². The van der Waals surface area contributed by atoms with E-state index in [1.807, 2.05) is 11.8 Å². The second kappa shape index (κ2) is 7.31. The fourth-order valence-electron chi connectivity index (χ4n) is 1.89. The predicted molar refractivity (Wildman–Crippen MR) is 92.7 cm³/mol. The molecule has 0 saturated heterocycles. The van der Waals surface area contributed by atoms with Crippen LogP contribution in [0.3, 0.4) is 0 Å². The molecule has 0 aliphatic heterocycles. The highest BCUT2D eigenvalue weighted by Gasteiger charge is 2.05. The Balaban J connectivity index is 1.84. The molecule has 0 saturated carbocycles. The molecular formula is C16H18INS. The Morgan fingerprint density at radius 3 is 2.58 bits per heavy atom. The van der Waals surface area contributed by atoms with Crippen LogP contribution < -0.4 is 5.73 Å². The van der Waals surface area contributed by atoms with E-state index < -0.39 is 0 Å². The van der Waals surface area contributed by atoms with E-state index in [9.17, 15) is 0 Å². The summed E-state index contributed by atoms with van der Waals surface area (Å²) >= 11 is 4.16. The molecule has 1 unspecified atom stereocenters. The zero-order chi connectivity index (χ0) is 13.7. The van der Waals surface area contributed by atoms with Crippen molar-refractivity contribution in [3.63, 3.8) is 0 Å². The molecule has 0 aromatic heterocycles. The van der Waals surface area contributed by atoms with Gasteiger partial charge in [-0.25, -0.2) is 0 Å². The van der Waals surface area contributed by atoms with Gasteiger partial charge in [-0.3, -0.25) is 0 Å². The maximum Gasteiger partial charge on any atom is 0.0174 e. The van der Waals surface area contributed by atoms with Crippen molar-refractivity contribution in [1.29, 1.82) is 0 Å². The normalized spacial score (nSPS) is 12.4. The van der Waals surface area contributed by atoms with E-state index in [0.29, 0.717) is 0 Å². The SMILES string of the molecule is Cc1cccc(SCC(N)Cc2ccc(I)cc2)c1. The van der Waals surface area contributed by atoms with Gasteiger partial charge in [0.1, 0.15) is 0 Å². The molecule has 0 fully saturated rings. The third kappa shape index (κ3) is 5.16. The average Bonchev–Trinajstić information content (AvgIpc) is 2.39. The Labute approximate surface area is 133 Å². The molecule has 0 bridgehead atoms. The van der Waals surface area contributed by atoms with Crippen LogP contribution in [-0.2, 0) is 6.42 Å². The van der Waals surface area contributed by atoms with Gasteiger partial charge in [-0.2, -0.15) is 0 Å². The van der Waals surface area contributed by atoms with Crippen LogP contribution >= 0.6 is 34.4 Å². The van der Waals surface area contributed by atoms with Crippen LogP contribution in [0.4, 0.5) is 0 Å². The van der Waals surface area contributed by atoms with E-state index in [1.54, 1.807) is 0 Å². The second-order valence-electron chi connectivity index (χ2n) is 4.72. The molecule has 0 aliphatic carbocycles. The number of hydrogen-bond acceptors (Lipinski definition) is 2. The lowest BCUT2D eigenvalue weighted by atomic mass is 10.1. The number of rotatable bonds is 5. The van der Waals surface area contributed by atoms with Gasteiger partial charge in [-0.1, -0.05) is 29.8 Å². The summed E-state index contributed by atoms with van der Waals surface area (Å²) in [5.41, 5.74) is 8.83. The van der Waals surface area contributed by atoms with Crippen LogP contribution in [0, 0.1) is 10.5 Å². The lowest BCUT2D eigenvalue weighted by Gasteiger charge is -2.11. The quantitative estimate of drug-likeness (QED) is 0.617. The molecule has 0 heterocycles. The van der Waals surface area contributed by atoms with Crippen molar-refractivity contribution in [2.24, 2.45) is 5.73 Å². The number of benzene rings is 2. The molecule has 0 spiro atoms. The van der Waals surface area contributed by atoms with E-state index in [2.05, 4.69) is 78.0 Å². The van der Waals surface area contributed by atoms with Crippen molar-refractivity contribution >= 4 is 34.4 Å². The van der Waals surface area contributed by atoms with Crippen molar-refractivity contribution in [3.8, 4) is 0 Å². The van der Waals surface area contributed by atoms with Crippen molar-refractivity contribution < 1.29 is 0 Å². The van der Waals surface area contributed by atoms with Gasteiger partial charge >= 0.3 is 0 Å². The van der Waals surface area contributed by atoms with E-state index in [1.165, 1.54) is 19.6 Å². The van der Waals surface area contributed by atoms with Crippen LogP contribution in [0.2, 0.25) is 0 Å². The van der Waals surface area contributed by atoms with Crippen LogP contribution in [0.1, 0.15) is 11.1 Å². The molecule has 100 valence electrons. The standard InChI is InChI=1S/C16H18INS/c1-12-3-2-4-16(9-12)19-11-15(18)10-13-5-7-14(17)8-6-13/h2-9,15H,10-11,18H2,1H3. The molecular weight excluding hydrogens is 365 g/mol. The minimum atomic E-state index is 0.200. The van der Waals surface area contributed by atoms with Crippen LogP contribution in [0.15, 0.2) is 53.4 Å². The molecule has 0 radical (unpaired) electrons. The minimum Gasteiger partial charge on any atom is -0.327 e. The molecule has 0 amide bonds. The van der Waals surface area contributed by atoms with Crippen molar-refractivity contribution in [1.82, 2.24) is 0 Å². The monoisotopic (exact) mass is 383 g/mol. The van der Waals surface area contributed by atoms with Crippen molar-refractivity contribution in [2.45, 2.75) is 24.3 Å². The highest BCUT2D eigenvalue weighted by atomic mass is 127. The molecule has 1 atom stereocenters. The average molecular weight is 383 g/mol. The maximum atomic E-state index is 6.21. The second-order valence-corrected chi connectivity index (χ2v) is 7.06. The zero-order valence-corrected chi connectivity index (χ0v) is 13.9. The maximum absolute atomic E-state index is 6.21. The number of halogens is 1. The summed E-state index contributed by atoms with van der Waals surface area (Å²) in [4.78, 5) is 1.30. The van der Waals surface area contributed by atoms with Gasteiger partial charge in [0, 0.05) is 20.3 Å². The van der Waals surface area contributed by atoms with Gasteiger partial charge in [-0.15, -0.1) is 11.8 Å². The highest BCUT2D eigenvalue weighted by Crippen LogP contribution is 2.20. The fourth-order valence-corrected chi connectivity index (χ4v) is 3.22. The van der Waals surface area contributed by atoms with Gasteiger partial charge in [-0.05, 0) is 65.8 Å². The molecule has 2 N–H and O–H groups in total. The first-order chi connectivity index (χ1) is 9.13. The van der Waals surface area contributed by atoms with E-state index in [0.717, 1.165) is 12.2 Å². The van der Waals surface area contributed by atoms with E-state index in [-0.39, 0.29) is 6.04 Å². The first-order valence-corrected chi connectivity index (χ1v) is 8.39. The third-order valence-electron chi connectivity index (χ3n) is 2.86. The lowest BCUT2D eigenvalue weighted by Crippen LogP contribution is -2.25. The first-order valence-electron chi connectivity index (χ1n) is 6.33. The number of nitrogens with two attached hydrogens (primary N) is 1. The summed E-state index contributed by atoms with van der Waals surface area (Å²) in [7, 11) is 0. The summed E-state index contributed by atoms with van der Waals surface area (Å²) < 4.78 is 1.27. The van der Waals surface area contributed by atoms with Gasteiger partial charge in [0.15, 0.2) is 0 Å². The lowest BCUT2D eigenvalue weighted by molar-refractivity contribution is 0.748. The number of aryl methyl sites for hydroxylation is 1. The highest BCUT2D eigenvalue weighted by molar-refractivity contribution is 14.1. The third-order valence-corrected chi connectivity index (χ3v) is 4.77. The summed E-state index contributed by atoms with van der Waals surface area (Å²) in [6.07, 6.45) is 0.940. The Morgan fingerprint density at radius 2 is 1.89 bits per heavy atom. The van der Waals surface area contributed by atoms with Gasteiger partial charge in [0.05, 0.1) is 0 Å². The first kappa shape index (κ1) is 14.9. The Bertz CT molecular complexity index is 525. The largest absolute Gasteiger partial charge is 0.327 e. The molecule has 0 aliphatic rings. The van der Waals surface area contributed by atoms with Crippen molar-refractivity contribution in [3.05, 3.63) is 63.2 Å². The molecule has 3 heteroatoms. The Kier molecular flexibility index (Phi) is 5.73. The molecule has 2 aromatic rings. The number of hydrogen-bond donors (Lipinski definition) is 1. The molecule has 19 heavy (non-hydrogen) atoms. The molecule has 1 nitrogen and oxygen atoms in total. The topological polar surface area (TPSA) is 26.0 Å². The fraction of sp³-hybridized carbons (Fsp3) is 0.250. The van der Waals surface area contributed by atoms with E-state index in [4.69, 9.17) is 5.73 Å². The smallest absolute Gasteiger partial charge is 0.0174 e. The molecule has 2 rings (SSSR count).